The third kappa shape index (κ3) is 4.38. The first-order valence-electron chi connectivity index (χ1n) is 5.07. The summed E-state index contributed by atoms with van der Waals surface area (Å²) in [5.74, 6) is -0.721. The highest BCUT2D eigenvalue weighted by Crippen LogP contribution is 2.27. The minimum absolute atomic E-state index is 0.171. The molecule has 82 valence electrons. The fourth-order valence-electron chi connectivity index (χ4n) is 1.27. The summed E-state index contributed by atoms with van der Waals surface area (Å²) in [6, 6.07) is 8.20. The number of carboxylic acids is 1. The minimum atomic E-state index is -0.721. The van der Waals surface area contributed by atoms with E-state index in [9.17, 15) is 4.79 Å². The van der Waals surface area contributed by atoms with Gasteiger partial charge in [-0.1, -0.05) is 24.6 Å². The third-order valence-electron chi connectivity index (χ3n) is 2.18. The maximum absolute atomic E-state index is 10.6. The number of carbonyl (C=O) groups is 1. The predicted molar refractivity (Wildman–Crippen MR) is 63.4 cm³/mol. The van der Waals surface area contributed by atoms with Crippen molar-refractivity contribution in [3.05, 3.63) is 29.8 Å². The smallest absolute Gasteiger partial charge is 0.304 e. The molecular formula is C12H16O2S. The number of thioether (sulfide) groups is 1. The Balaban J connectivity index is 2.58. The van der Waals surface area contributed by atoms with E-state index in [-0.39, 0.29) is 11.7 Å². The van der Waals surface area contributed by atoms with Crippen LogP contribution in [0.4, 0.5) is 0 Å². The number of hydrogen-bond donors (Lipinski definition) is 1. The van der Waals surface area contributed by atoms with Crippen LogP contribution in [0.3, 0.4) is 0 Å². The molecule has 1 atom stereocenters. The van der Waals surface area contributed by atoms with Crippen LogP contribution in [-0.4, -0.2) is 16.3 Å². The zero-order valence-corrected chi connectivity index (χ0v) is 9.88. The quantitative estimate of drug-likeness (QED) is 0.779. The van der Waals surface area contributed by atoms with Crippen LogP contribution in [0, 0.1) is 6.92 Å². The molecule has 0 bridgehead atoms. The molecule has 0 aliphatic carbocycles. The standard InChI is InChI=1S/C12H16O2S/c1-3-10(8-12(13)14)15-11-6-4-9(2)5-7-11/h4-7,10H,3,8H2,1-2H3,(H,13,14). The van der Waals surface area contributed by atoms with Gasteiger partial charge in [-0.15, -0.1) is 11.8 Å². The molecular weight excluding hydrogens is 208 g/mol. The fraction of sp³-hybridized carbons (Fsp3) is 0.417. The first kappa shape index (κ1) is 12.1. The number of hydrogen-bond acceptors (Lipinski definition) is 2. The van der Waals surface area contributed by atoms with E-state index in [0.717, 1.165) is 11.3 Å². The van der Waals surface area contributed by atoms with E-state index < -0.39 is 5.97 Å². The molecule has 0 heterocycles. The van der Waals surface area contributed by atoms with E-state index in [4.69, 9.17) is 5.11 Å². The normalized spacial score (nSPS) is 12.4. The summed E-state index contributed by atoms with van der Waals surface area (Å²) in [7, 11) is 0. The first-order valence-corrected chi connectivity index (χ1v) is 5.95. The second-order valence-electron chi connectivity index (χ2n) is 3.56. The number of benzene rings is 1. The van der Waals surface area contributed by atoms with Gasteiger partial charge in [0.25, 0.3) is 0 Å². The SMILES string of the molecule is CCC(CC(=O)O)Sc1ccc(C)cc1. The molecule has 0 spiro atoms. The second-order valence-corrected chi connectivity index (χ2v) is 4.93. The Hall–Kier alpha value is -0.960. The summed E-state index contributed by atoms with van der Waals surface area (Å²) in [6.07, 6.45) is 1.11. The van der Waals surface area contributed by atoms with E-state index in [0.29, 0.717) is 0 Å². The lowest BCUT2D eigenvalue weighted by Crippen LogP contribution is -2.08. The van der Waals surface area contributed by atoms with Gasteiger partial charge in [-0.3, -0.25) is 4.79 Å². The highest BCUT2D eigenvalue weighted by molar-refractivity contribution is 8.00. The van der Waals surface area contributed by atoms with E-state index in [2.05, 4.69) is 12.1 Å². The molecule has 0 fully saturated rings. The zero-order chi connectivity index (χ0) is 11.3. The fourth-order valence-corrected chi connectivity index (χ4v) is 2.34. The molecule has 0 aliphatic heterocycles. The van der Waals surface area contributed by atoms with Crippen LogP contribution in [-0.2, 0) is 4.79 Å². The average molecular weight is 224 g/mol. The topological polar surface area (TPSA) is 37.3 Å². The van der Waals surface area contributed by atoms with Gasteiger partial charge < -0.3 is 5.11 Å². The van der Waals surface area contributed by atoms with Crippen LogP contribution in [0.2, 0.25) is 0 Å². The molecule has 0 radical (unpaired) electrons. The van der Waals surface area contributed by atoms with Crippen LogP contribution in [0.25, 0.3) is 0 Å². The van der Waals surface area contributed by atoms with E-state index in [1.807, 2.05) is 26.0 Å². The molecule has 1 unspecified atom stereocenters. The number of rotatable bonds is 5. The van der Waals surface area contributed by atoms with Crippen molar-refractivity contribution in [2.24, 2.45) is 0 Å². The monoisotopic (exact) mass is 224 g/mol. The van der Waals surface area contributed by atoms with Crippen molar-refractivity contribution in [1.82, 2.24) is 0 Å². The van der Waals surface area contributed by atoms with Crippen molar-refractivity contribution in [3.63, 3.8) is 0 Å². The van der Waals surface area contributed by atoms with Crippen molar-refractivity contribution in [3.8, 4) is 0 Å². The van der Waals surface area contributed by atoms with Crippen LogP contribution in [0.5, 0.6) is 0 Å². The van der Waals surface area contributed by atoms with E-state index in [1.54, 1.807) is 11.8 Å². The lowest BCUT2D eigenvalue weighted by Gasteiger charge is -2.11. The van der Waals surface area contributed by atoms with Gasteiger partial charge in [0.2, 0.25) is 0 Å². The molecule has 1 aromatic rings. The summed E-state index contributed by atoms with van der Waals surface area (Å²) in [5, 5.41) is 8.90. The van der Waals surface area contributed by atoms with E-state index in [1.165, 1.54) is 5.56 Å². The van der Waals surface area contributed by atoms with Crippen LogP contribution in [0.15, 0.2) is 29.2 Å². The van der Waals surface area contributed by atoms with Crippen molar-refractivity contribution in [1.29, 1.82) is 0 Å². The average Bonchev–Trinajstić information content (AvgIpc) is 2.19. The van der Waals surface area contributed by atoms with Crippen molar-refractivity contribution < 1.29 is 9.90 Å². The Bertz CT molecular complexity index is 319. The molecule has 0 aliphatic rings. The molecule has 0 aromatic heterocycles. The Labute approximate surface area is 94.7 Å². The van der Waals surface area contributed by atoms with Crippen molar-refractivity contribution in [2.75, 3.05) is 0 Å². The maximum Gasteiger partial charge on any atom is 0.304 e. The van der Waals surface area contributed by atoms with E-state index >= 15 is 0 Å². The van der Waals surface area contributed by atoms with Crippen molar-refractivity contribution in [2.45, 2.75) is 36.8 Å². The molecule has 0 saturated carbocycles. The number of carboxylic acid groups (broad SMARTS) is 1. The Kier molecular flexibility index (Phi) is 4.69. The lowest BCUT2D eigenvalue weighted by atomic mass is 10.2. The molecule has 1 rings (SSSR count). The van der Waals surface area contributed by atoms with Gasteiger partial charge in [-0.25, -0.2) is 0 Å². The minimum Gasteiger partial charge on any atom is -0.481 e. The summed E-state index contributed by atoms with van der Waals surface area (Å²) < 4.78 is 0. The van der Waals surface area contributed by atoms with Gasteiger partial charge in [-0.2, -0.15) is 0 Å². The van der Waals surface area contributed by atoms with Gasteiger partial charge in [0.05, 0.1) is 6.42 Å². The number of aryl methyl sites for hydroxylation is 1. The maximum atomic E-state index is 10.6. The summed E-state index contributed by atoms with van der Waals surface area (Å²) >= 11 is 1.64. The second kappa shape index (κ2) is 5.81. The Morgan fingerprint density at radius 3 is 2.47 bits per heavy atom. The largest absolute Gasteiger partial charge is 0.481 e. The van der Waals surface area contributed by atoms with Crippen LogP contribution < -0.4 is 0 Å². The lowest BCUT2D eigenvalue weighted by molar-refractivity contribution is -0.136. The molecule has 15 heavy (non-hydrogen) atoms. The van der Waals surface area contributed by atoms with Gasteiger partial charge >= 0.3 is 5.97 Å². The van der Waals surface area contributed by atoms with Crippen LogP contribution >= 0.6 is 11.8 Å². The first-order chi connectivity index (χ1) is 7.11. The molecule has 1 N–H and O–H groups in total. The van der Waals surface area contributed by atoms with Gasteiger partial charge in [0, 0.05) is 10.1 Å². The summed E-state index contributed by atoms with van der Waals surface area (Å²) in [6.45, 7) is 4.07. The molecule has 3 heteroatoms. The number of aliphatic carboxylic acids is 1. The van der Waals surface area contributed by atoms with Gasteiger partial charge in [0.1, 0.15) is 0 Å². The zero-order valence-electron chi connectivity index (χ0n) is 9.06. The molecule has 1 aromatic carbocycles. The molecule has 0 saturated heterocycles. The predicted octanol–water partition coefficient (Wildman–Crippen LogP) is 3.34. The van der Waals surface area contributed by atoms with Gasteiger partial charge in [-0.05, 0) is 25.5 Å². The van der Waals surface area contributed by atoms with Crippen LogP contribution in [0.1, 0.15) is 25.3 Å². The summed E-state index contributed by atoms with van der Waals surface area (Å²) in [4.78, 5) is 11.7. The Morgan fingerprint density at radius 1 is 1.40 bits per heavy atom. The van der Waals surface area contributed by atoms with Gasteiger partial charge in [0.15, 0.2) is 0 Å². The highest BCUT2D eigenvalue weighted by atomic mass is 32.2. The highest BCUT2D eigenvalue weighted by Gasteiger charge is 2.12. The molecule has 0 amide bonds. The van der Waals surface area contributed by atoms with Crippen molar-refractivity contribution >= 4 is 17.7 Å². The molecule has 2 nitrogen and oxygen atoms in total. The summed E-state index contributed by atoms with van der Waals surface area (Å²) in [5.41, 5.74) is 1.23. The Morgan fingerprint density at radius 2 is 2.00 bits per heavy atom. The third-order valence-corrected chi connectivity index (χ3v) is 3.56.